The molecule has 0 aliphatic carbocycles. The number of hydrogen-bond donors (Lipinski definition) is 0. The molecule has 0 atom stereocenters. The van der Waals surface area contributed by atoms with Gasteiger partial charge >= 0.3 is 0 Å². The first kappa shape index (κ1) is 72.7. The molecule has 0 unspecified atom stereocenters. The lowest BCUT2D eigenvalue weighted by Gasteiger charge is -2.11. The third-order valence-corrected chi connectivity index (χ3v) is 25.2. The third kappa shape index (κ3) is 11.7. The molecule has 0 bridgehead atoms. The van der Waals surface area contributed by atoms with Crippen molar-refractivity contribution in [1.29, 1.82) is 0 Å². The highest BCUT2D eigenvalue weighted by atomic mass is 16.3. The molecule has 29 rings (SSSR count). The monoisotopic (exact) mass is 1660 g/mol. The van der Waals surface area contributed by atoms with Gasteiger partial charge in [0.25, 0.3) is 0 Å². The van der Waals surface area contributed by atoms with Gasteiger partial charge in [0.05, 0.1) is 142 Å². The van der Waals surface area contributed by atoms with Gasteiger partial charge in [-0.3, -0.25) is 28.9 Å². The second-order valence-corrected chi connectivity index (χ2v) is 32.4. The standard InChI is InChI=1S/C33H21N3O.C32H19N3O.C26H15N3O.C22H13N3O/c1-2-8-23(9-3-1)32-31(34-29-12-6-7-20-35(29)32)22-13-16-25(17-14-22)36-27-11-5-4-10-26(27)30-28(36)18-15-24-19-21-37-33(24)30;1-2-9-27-26(8-1)29-28(13-12-21-14-16-36-32(21)29)35(27)25-7-3-5-22(18-25)24-17-23-11-10-20-6-4-15-33-30(20)31(23)34-19-24;1-2-6-21-20(5-1)23-22(10-9-17-11-13-30-26(17)23)29(21)19-14-18-8-7-16-4-3-12-27-24(16)25(18)28-15-19;1-3-7-17-15(5-1)13-23-22(24-17)25-18-8-4-2-6-16(18)20-19(25)10-9-14-11-12-26-21(14)20/h1-21H;1-19H;1-15H;1-13H. The molecular weight excluding hydrogens is 1590 g/mol. The number of imidazole rings is 1. The zero-order chi connectivity index (χ0) is 84.7. The topological polar surface area (TPSA) is 167 Å². The Balaban J connectivity index is 0.0000000916. The molecular formula is C113H68N12O4. The normalized spacial score (nSPS) is 11.9. The van der Waals surface area contributed by atoms with Gasteiger partial charge in [0.15, 0.2) is 0 Å². The zero-order valence-corrected chi connectivity index (χ0v) is 68.8. The quantitative estimate of drug-likeness (QED) is 0.139. The van der Waals surface area contributed by atoms with Gasteiger partial charge in [0, 0.05) is 129 Å². The van der Waals surface area contributed by atoms with E-state index in [4.69, 9.17) is 37.6 Å². The molecule has 0 aliphatic heterocycles. The molecule has 29 aromatic rings. The number of aromatic nitrogens is 12. The molecule has 0 fully saturated rings. The Morgan fingerprint density at radius 2 is 0.674 bits per heavy atom. The lowest BCUT2D eigenvalue weighted by molar-refractivity contribution is 0.619. The van der Waals surface area contributed by atoms with E-state index in [1.165, 1.54) is 16.2 Å². The second kappa shape index (κ2) is 29.4. The minimum Gasteiger partial charge on any atom is -0.464 e. The molecule has 0 saturated heterocycles. The highest BCUT2D eigenvalue weighted by Gasteiger charge is 2.24. The van der Waals surface area contributed by atoms with Crippen LogP contribution in [0.4, 0.5) is 0 Å². The van der Waals surface area contributed by atoms with Crippen molar-refractivity contribution in [3.63, 3.8) is 0 Å². The molecule has 0 aliphatic rings. The van der Waals surface area contributed by atoms with Crippen molar-refractivity contribution in [3.05, 3.63) is 414 Å². The van der Waals surface area contributed by atoms with Crippen molar-refractivity contribution in [3.8, 4) is 56.7 Å². The van der Waals surface area contributed by atoms with Crippen molar-refractivity contribution in [2.75, 3.05) is 0 Å². The summed E-state index contributed by atoms with van der Waals surface area (Å²) in [5.74, 6) is 0.667. The summed E-state index contributed by atoms with van der Waals surface area (Å²) in [7, 11) is 0. The van der Waals surface area contributed by atoms with Gasteiger partial charge in [-0.2, -0.15) is 0 Å². The second-order valence-electron chi connectivity index (χ2n) is 32.4. The summed E-state index contributed by atoms with van der Waals surface area (Å²) in [4.78, 5) is 33.2. The first-order chi connectivity index (χ1) is 64.0. The zero-order valence-electron chi connectivity index (χ0n) is 68.8. The van der Waals surface area contributed by atoms with E-state index in [2.05, 4.69) is 311 Å². The van der Waals surface area contributed by atoms with Gasteiger partial charge < -0.3 is 31.4 Å². The molecule has 15 aromatic heterocycles. The Morgan fingerprint density at radius 3 is 1.24 bits per heavy atom. The highest BCUT2D eigenvalue weighted by molar-refractivity contribution is 6.23. The van der Waals surface area contributed by atoms with E-state index in [-0.39, 0.29) is 0 Å². The van der Waals surface area contributed by atoms with E-state index in [9.17, 15) is 0 Å². The molecule has 16 nitrogen and oxygen atoms in total. The average molecular weight is 1660 g/mol. The predicted octanol–water partition coefficient (Wildman–Crippen LogP) is 28.9. The van der Waals surface area contributed by atoms with Crippen LogP contribution in [0.5, 0.6) is 0 Å². The first-order valence-corrected chi connectivity index (χ1v) is 42.8. The number of nitrogens with zero attached hydrogens (tertiary/aromatic N) is 12. The van der Waals surface area contributed by atoms with Crippen molar-refractivity contribution in [2.45, 2.75) is 0 Å². The van der Waals surface area contributed by atoms with Crippen LogP contribution in [-0.2, 0) is 0 Å². The van der Waals surface area contributed by atoms with E-state index in [1.807, 2.05) is 116 Å². The fraction of sp³-hybridized carbons (Fsp3) is 0. The summed E-state index contributed by atoms with van der Waals surface area (Å²) in [6.07, 6.45) is 18.5. The van der Waals surface area contributed by atoms with E-state index >= 15 is 0 Å². The fourth-order valence-electron chi connectivity index (χ4n) is 19.4. The average Bonchev–Trinajstić information content (AvgIpc) is 1.54. The number of benzene rings is 14. The van der Waals surface area contributed by atoms with Crippen LogP contribution in [-0.4, -0.2) is 57.6 Å². The van der Waals surface area contributed by atoms with Crippen LogP contribution in [0.1, 0.15) is 0 Å². The van der Waals surface area contributed by atoms with Crippen LogP contribution in [0.25, 0.3) is 248 Å². The van der Waals surface area contributed by atoms with Crippen LogP contribution in [0.15, 0.2) is 432 Å². The van der Waals surface area contributed by atoms with Gasteiger partial charge in [-0.1, -0.05) is 188 Å². The Hall–Kier alpha value is -17.9. The lowest BCUT2D eigenvalue weighted by Crippen LogP contribution is -2.00. The molecule has 0 saturated carbocycles. The number of furan rings is 4. The molecule has 0 radical (unpaired) electrons. The van der Waals surface area contributed by atoms with Gasteiger partial charge in [0.1, 0.15) is 28.0 Å². The Bertz CT molecular complexity index is 9580. The Labute approximate surface area is 732 Å². The van der Waals surface area contributed by atoms with Crippen LogP contribution < -0.4 is 0 Å². The number of hydrogen-bond acceptors (Lipinski definition) is 11. The summed E-state index contributed by atoms with van der Waals surface area (Å²) in [6, 6.07) is 122. The molecule has 15 heterocycles. The van der Waals surface area contributed by atoms with E-state index in [0.717, 1.165) is 226 Å². The SMILES string of the molecule is c1cc(-c2cnc3c(ccc4cccnc43)c2)cc(-n2c3ccccc3c3c4occc4ccc32)c1.c1ccc(-c2c(-c3ccc(-n4c5ccccc5c5c6occc6ccc54)cc3)nc3ccccn23)cc1.c1ccc2nc(-n3c4ccccc4c4c5occc5ccc43)ncc2c1.c1cnc2c(c1)ccc1cc(-n3c4ccccc4c4c5occc5ccc43)cnc12. The molecule has 129 heavy (non-hydrogen) atoms. The molecule has 0 spiro atoms. The summed E-state index contributed by atoms with van der Waals surface area (Å²) in [6.45, 7) is 0. The van der Waals surface area contributed by atoms with Gasteiger partial charge in [-0.15, -0.1) is 0 Å². The smallest absolute Gasteiger partial charge is 0.235 e. The van der Waals surface area contributed by atoms with Crippen LogP contribution in [0.2, 0.25) is 0 Å². The summed E-state index contributed by atoms with van der Waals surface area (Å²) in [5, 5.41) is 19.0. The van der Waals surface area contributed by atoms with Gasteiger partial charge in [-0.05, 0) is 169 Å². The summed E-state index contributed by atoms with van der Waals surface area (Å²) >= 11 is 0. The Morgan fingerprint density at radius 1 is 0.233 bits per heavy atom. The van der Waals surface area contributed by atoms with E-state index in [1.54, 1.807) is 25.1 Å². The van der Waals surface area contributed by atoms with Crippen molar-refractivity contribution >= 4 is 191 Å². The third-order valence-electron chi connectivity index (χ3n) is 25.2. The molecule has 14 aromatic carbocycles. The van der Waals surface area contributed by atoms with Crippen LogP contribution in [0.3, 0.4) is 0 Å². The Kier molecular flexibility index (Phi) is 16.6. The number of para-hydroxylation sites is 5. The summed E-state index contributed by atoms with van der Waals surface area (Å²) < 4.78 is 34.7. The van der Waals surface area contributed by atoms with Crippen molar-refractivity contribution < 1.29 is 17.7 Å². The minimum atomic E-state index is 0.667. The molecule has 0 amide bonds. The maximum absolute atomic E-state index is 5.93. The van der Waals surface area contributed by atoms with Crippen LogP contribution in [0, 0.1) is 0 Å². The van der Waals surface area contributed by atoms with Gasteiger partial charge in [-0.25, -0.2) is 15.0 Å². The molecule has 604 valence electrons. The minimum absolute atomic E-state index is 0.667. The highest BCUT2D eigenvalue weighted by Crippen LogP contribution is 2.45. The van der Waals surface area contributed by atoms with E-state index < -0.39 is 0 Å². The van der Waals surface area contributed by atoms with Gasteiger partial charge in [0.2, 0.25) is 5.95 Å². The van der Waals surface area contributed by atoms with Crippen molar-refractivity contribution in [2.24, 2.45) is 0 Å². The van der Waals surface area contributed by atoms with Crippen molar-refractivity contribution in [1.82, 2.24) is 57.6 Å². The summed E-state index contributed by atoms with van der Waals surface area (Å²) in [5.41, 5.74) is 27.9. The maximum Gasteiger partial charge on any atom is 0.235 e. The fourth-order valence-corrected chi connectivity index (χ4v) is 19.4. The number of rotatable bonds is 7. The number of fused-ring (bicyclic) bond motifs is 28. The number of pyridine rings is 5. The molecule has 16 heteroatoms. The van der Waals surface area contributed by atoms with Crippen LogP contribution >= 0.6 is 0 Å². The van der Waals surface area contributed by atoms with E-state index in [0.29, 0.717) is 5.95 Å². The molecule has 0 N–H and O–H groups in total. The largest absolute Gasteiger partial charge is 0.464 e. The predicted molar refractivity (Wildman–Crippen MR) is 522 cm³/mol. The maximum atomic E-state index is 5.93. The first-order valence-electron chi connectivity index (χ1n) is 42.8. The lowest BCUT2D eigenvalue weighted by atomic mass is 10.0.